The zero-order valence-electron chi connectivity index (χ0n) is 16.3. The van der Waals surface area contributed by atoms with E-state index in [0.29, 0.717) is 28.5 Å². The zero-order chi connectivity index (χ0) is 22.1. The monoisotopic (exact) mass is 449 g/mol. The zero-order valence-corrected chi connectivity index (χ0v) is 17.1. The smallest absolute Gasteiger partial charge is 0.408 e. The third-order valence-electron chi connectivity index (χ3n) is 4.53. The second kappa shape index (κ2) is 7.67. The van der Waals surface area contributed by atoms with Gasteiger partial charge >= 0.3 is 5.76 Å². The maximum Gasteiger partial charge on any atom is 0.417 e. The Morgan fingerprint density at radius 3 is 2.59 bits per heavy atom. The predicted molar refractivity (Wildman–Crippen MR) is 117 cm³/mol. The van der Waals surface area contributed by atoms with Crippen LogP contribution >= 0.6 is 0 Å². The van der Waals surface area contributed by atoms with Crippen molar-refractivity contribution in [3.05, 3.63) is 84.1 Å². The molecule has 5 rings (SSSR count). The molecule has 3 heterocycles. The van der Waals surface area contributed by atoms with Gasteiger partial charge in [0.2, 0.25) is 0 Å². The number of anilines is 3. The number of hydrogen-bond donors (Lipinski definition) is 3. The fraction of sp³-hybridized carbons (Fsp3) is 0. The van der Waals surface area contributed by atoms with Crippen LogP contribution in [0.4, 0.5) is 17.2 Å². The normalized spacial score (nSPS) is 11.5. The first-order chi connectivity index (χ1) is 15.5. The third-order valence-corrected chi connectivity index (χ3v) is 5.91. The Hall–Kier alpha value is -4.45. The molecule has 0 amide bonds. The summed E-state index contributed by atoms with van der Waals surface area (Å²) in [6.45, 7) is 0. The molecule has 2 aromatic carbocycles. The van der Waals surface area contributed by atoms with E-state index in [4.69, 9.17) is 4.42 Å². The molecule has 0 atom stereocenters. The second-order valence-electron chi connectivity index (χ2n) is 6.71. The summed E-state index contributed by atoms with van der Waals surface area (Å²) < 4.78 is 34.6. The molecule has 0 saturated carbocycles. The van der Waals surface area contributed by atoms with Crippen molar-refractivity contribution in [1.82, 2.24) is 24.5 Å². The lowest BCUT2D eigenvalue weighted by Crippen LogP contribution is -2.12. The molecule has 12 heteroatoms. The first-order valence-electron chi connectivity index (χ1n) is 9.29. The number of nitrogens with one attached hydrogen (secondary N) is 3. The van der Waals surface area contributed by atoms with E-state index < -0.39 is 15.8 Å². The van der Waals surface area contributed by atoms with Gasteiger partial charge in [0.25, 0.3) is 10.0 Å². The van der Waals surface area contributed by atoms with Gasteiger partial charge in [-0.3, -0.25) is 14.3 Å². The van der Waals surface area contributed by atoms with E-state index in [1.807, 2.05) is 0 Å². The number of hydrogen-bond acceptors (Lipinski definition) is 8. The maximum absolute atomic E-state index is 12.7. The van der Waals surface area contributed by atoms with E-state index >= 15 is 0 Å². The third kappa shape index (κ3) is 3.94. The Balaban J connectivity index is 1.32. The van der Waals surface area contributed by atoms with Crippen LogP contribution in [0.3, 0.4) is 0 Å². The van der Waals surface area contributed by atoms with Gasteiger partial charge in [-0.25, -0.2) is 28.2 Å². The van der Waals surface area contributed by atoms with E-state index in [-0.39, 0.29) is 10.5 Å². The number of H-pyrrole nitrogens is 1. The summed E-state index contributed by atoms with van der Waals surface area (Å²) in [6, 6.07) is 12.6. The molecule has 0 spiro atoms. The van der Waals surface area contributed by atoms with Crippen molar-refractivity contribution in [1.29, 1.82) is 0 Å². The van der Waals surface area contributed by atoms with Gasteiger partial charge in [-0.15, -0.1) is 0 Å². The highest BCUT2D eigenvalue weighted by Crippen LogP contribution is 2.22. The second-order valence-corrected chi connectivity index (χ2v) is 8.39. The van der Waals surface area contributed by atoms with Crippen molar-refractivity contribution in [2.24, 2.45) is 0 Å². The molecule has 3 aromatic heterocycles. The molecule has 0 aliphatic heterocycles. The lowest BCUT2D eigenvalue weighted by molar-refractivity contribution is 0.555. The average molecular weight is 449 g/mol. The van der Waals surface area contributed by atoms with Gasteiger partial charge in [0.1, 0.15) is 24.3 Å². The minimum atomic E-state index is -3.86. The molecule has 3 N–H and O–H groups in total. The average Bonchev–Trinajstić information content (AvgIpc) is 3.43. The first kappa shape index (κ1) is 19.5. The summed E-state index contributed by atoms with van der Waals surface area (Å²) in [5.41, 5.74) is 1.67. The summed E-state index contributed by atoms with van der Waals surface area (Å²) in [7, 11) is -3.86. The Morgan fingerprint density at radius 2 is 1.81 bits per heavy atom. The van der Waals surface area contributed by atoms with Crippen LogP contribution in [0.5, 0.6) is 0 Å². The Kier molecular flexibility index (Phi) is 4.67. The van der Waals surface area contributed by atoms with Gasteiger partial charge in [0, 0.05) is 29.8 Å². The maximum atomic E-state index is 12.7. The quantitative estimate of drug-likeness (QED) is 0.358. The van der Waals surface area contributed by atoms with Crippen molar-refractivity contribution in [3.8, 4) is 5.82 Å². The summed E-state index contributed by atoms with van der Waals surface area (Å²) in [5, 5.41) is 3.14. The van der Waals surface area contributed by atoms with Gasteiger partial charge < -0.3 is 9.73 Å². The number of aromatic amines is 1. The molecule has 0 aliphatic carbocycles. The van der Waals surface area contributed by atoms with Crippen LogP contribution in [0.2, 0.25) is 0 Å². The molecular formula is C20H15N7O4S. The fourth-order valence-corrected chi connectivity index (χ4v) is 4.12. The molecule has 0 bridgehead atoms. The standard InChI is InChI=1S/C20H15N7O4S/c28-20-25-16-9-15(5-6-17(16)31-20)32(29,30)26-14-3-1-13(2-4-14)24-18-10-19(23-11-22-18)27-8-7-21-12-27/h1-12,26H,(H,25,28)(H,22,23,24). The number of imidazole rings is 1. The van der Waals surface area contributed by atoms with Crippen molar-refractivity contribution >= 4 is 38.3 Å². The number of aromatic nitrogens is 5. The summed E-state index contributed by atoms with van der Waals surface area (Å²) >= 11 is 0. The number of fused-ring (bicyclic) bond motifs is 1. The van der Waals surface area contributed by atoms with E-state index in [1.54, 1.807) is 53.6 Å². The number of rotatable bonds is 6. The molecule has 0 saturated heterocycles. The van der Waals surface area contributed by atoms with Crippen LogP contribution in [0, 0.1) is 0 Å². The lowest BCUT2D eigenvalue weighted by atomic mass is 10.3. The highest BCUT2D eigenvalue weighted by atomic mass is 32.2. The Morgan fingerprint density at radius 1 is 1.00 bits per heavy atom. The minimum Gasteiger partial charge on any atom is -0.408 e. The van der Waals surface area contributed by atoms with Crippen LogP contribution in [0.1, 0.15) is 0 Å². The van der Waals surface area contributed by atoms with E-state index in [1.165, 1.54) is 24.5 Å². The number of benzene rings is 2. The summed E-state index contributed by atoms with van der Waals surface area (Å²) in [4.78, 5) is 26.1. The Bertz CT molecular complexity index is 1560. The summed E-state index contributed by atoms with van der Waals surface area (Å²) in [6.07, 6.45) is 6.50. The molecule has 32 heavy (non-hydrogen) atoms. The Labute approximate surface area is 180 Å². The largest absolute Gasteiger partial charge is 0.417 e. The molecule has 5 aromatic rings. The summed E-state index contributed by atoms with van der Waals surface area (Å²) in [5.74, 6) is 0.575. The first-order valence-corrected chi connectivity index (χ1v) is 10.8. The van der Waals surface area contributed by atoms with Crippen molar-refractivity contribution in [2.45, 2.75) is 4.90 Å². The van der Waals surface area contributed by atoms with Gasteiger partial charge in [0.15, 0.2) is 5.58 Å². The van der Waals surface area contributed by atoms with Crippen molar-refractivity contribution in [2.75, 3.05) is 10.0 Å². The predicted octanol–water partition coefficient (Wildman–Crippen LogP) is 2.64. The van der Waals surface area contributed by atoms with E-state index in [9.17, 15) is 13.2 Å². The number of nitrogens with zero attached hydrogens (tertiary/aromatic N) is 4. The molecule has 0 radical (unpaired) electrons. The molecule has 0 fully saturated rings. The van der Waals surface area contributed by atoms with E-state index in [0.717, 1.165) is 0 Å². The highest BCUT2D eigenvalue weighted by Gasteiger charge is 2.16. The minimum absolute atomic E-state index is 0.00253. The molecule has 0 unspecified atom stereocenters. The van der Waals surface area contributed by atoms with Gasteiger partial charge in [0.05, 0.1) is 10.4 Å². The fourth-order valence-electron chi connectivity index (χ4n) is 3.03. The van der Waals surface area contributed by atoms with E-state index in [2.05, 4.69) is 30.0 Å². The van der Waals surface area contributed by atoms with Crippen LogP contribution < -0.4 is 15.8 Å². The van der Waals surface area contributed by atoms with Crippen LogP contribution in [0.25, 0.3) is 16.9 Å². The van der Waals surface area contributed by atoms with Crippen molar-refractivity contribution in [3.63, 3.8) is 0 Å². The van der Waals surface area contributed by atoms with Gasteiger partial charge in [-0.2, -0.15) is 0 Å². The molecule has 160 valence electrons. The molecule has 0 aliphatic rings. The van der Waals surface area contributed by atoms with Gasteiger partial charge in [-0.1, -0.05) is 0 Å². The SMILES string of the molecule is O=c1[nH]c2cc(S(=O)(=O)Nc3ccc(Nc4cc(-n5ccnc5)ncn4)cc3)ccc2o1. The van der Waals surface area contributed by atoms with Gasteiger partial charge in [-0.05, 0) is 42.5 Å². The molecular weight excluding hydrogens is 434 g/mol. The van der Waals surface area contributed by atoms with Crippen LogP contribution in [-0.2, 0) is 10.0 Å². The van der Waals surface area contributed by atoms with Crippen molar-refractivity contribution < 1.29 is 12.8 Å². The number of sulfonamides is 1. The molecule has 11 nitrogen and oxygen atoms in total. The topological polar surface area (TPSA) is 148 Å². The highest BCUT2D eigenvalue weighted by molar-refractivity contribution is 7.92. The van der Waals surface area contributed by atoms with Crippen LogP contribution in [0.15, 0.2) is 87.7 Å². The van der Waals surface area contributed by atoms with Crippen LogP contribution in [-0.4, -0.2) is 32.9 Å². The number of oxazole rings is 1. The lowest BCUT2D eigenvalue weighted by Gasteiger charge is -2.10.